The molecule has 4 heteroatoms. The van der Waals surface area contributed by atoms with E-state index < -0.39 is 0 Å². The molecule has 1 heterocycles. The van der Waals surface area contributed by atoms with E-state index in [-0.39, 0.29) is 0 Å². The van der Waals surface area contributed by atoms with Crippen LogP contribution in [0.25, 0.3) is 0 Å². The van der Waals surface area contributed by atoms with Gasteiger partial charge in [0.2, 0.25) is 5.88 Å². The van der Waals surface area contributed by atoms with Crippen LogP contribution in [-0.4, -0.2) is 17.0 Å². The minimum absolute atomic E-state index is 0.590. The van der Waals surface area contributed by atoms with Gasteiger partial charge in [-0.2, -0.15) is 0 Å². The lowest BCUT2D eigenvalue weighted by atomic mass is 10.1. The molecule has 100 valence electrons. The van der Waals surface area contributed by atoms with Gasteiger partial charge in [0.25, 0.3) is 0 Å². The van der Waals surface area contributed by atoms with Crippen LogP contribution >= 0.6 is 0 Å². The number of rotatable bonds is 3. The number of hydrogen-bond donors (Lipinski definition) is 1. The highest BCUT2D eigenvalue weighted by Crippen LogP contribution is 2.30. The van der Waals surface area contributed by atoms with Gasteiger partial charge >= 0.3 is 0 Å². The van der Waals surface area contributed by atoms with E-state index in [2.05, 4.69) is 42.1 Å². The van der Waals surface area contributed by atoms with Crippen LogP contribution in [0.5, 0.6) is 11.6 Å². The average molecular weight is 257 g/mol. The molecule has 0 aliphatic rings. The molecule has 0 saturated carbocycles. The Morgan fingerprint density at radius 1 is 1.00 bits per heavy atom. The van der Waals surface area contributed by atoms with Crippen LogP contribution in [0.3, 0.4) is 0 Å². The van der Waals surface area contributed by atoms with Gasteiger partial charge in [0, 0.05) is 7.05 Å². The molecule has 2 aromatic rings. The fourth-order valence-electron chi connectivity index (χ4n) is 2.00. The Hall–Kier alpha value is -2.10. The van der Waals surface area contributed by atoms with Crippen LogP contribution in [0.15, 0.2) is 18.5 Å². The third-order valence-corrected chi connectivity index (χ3v) is 3.25. The molecule has 0 aliphatic heterocycles. The van der Waals surface area contributed by atoms with Crippen LogP contribution < -0.4 is 10.1 Å². The molecule has 0 bridgehead atoms. The van der Waals surface area contributed by atoms with E-state index in [0.29, 0.717) is 5.88 Å². The molecule has 0 aliphatic carbocycles. The Balaban J connectivity index is 2.42. The molecule has 0 unspecified atom stereocenters. The van der Waals surface area contributed by atoms with Gasteiger partial charge in [-0.3, -0.25) is 0 Å². The highest BCUT2D eigenvalue weighted by Gasteiger charge is 2.11. The molecule has 0 saturated heterocycles. The molecule has 1 N–H and O–H groups in total. The lowest BCUT2D eigenvalue weighted by molar-refractivity contribution is 0.453. The zero-order valence-corrected chi connectivity index (χ0v) is 12.0. The first-order valence-electron chi connectivity index (χ1n) is 6.28. The lowest BCUT2D eigenvalue weighted by Gasteiger charge is -2.13. The molecule has 0 radical (unpaired) electrons. The average Bonchev–Trinajstić information content (AvgIpc) is 2.37. The van der Waals surface area contributed by atoms with Crippen molar-refractivity contribution in [3.63, 3.8) is 0 Å². The van der Waals surface area contributed by atoms with Gasteiger partial charge in [0.15, 0.2) is 0 Å². The summed E-state index contributed by atoms with van der Waals surface area (Å²) in [5, 5.41) is 3.03. The molecule has 19 heavy (non-hydrogen) atoms. The van der Waals surface area contributed by atoms with Gasteiger partial charge in [-0.05, 0) is 50.5 Å². The number of anilines is 1. The van der Waals surface area contributed by atoms with E-state index in [1.54, 1.807) is 0 Å². The van der Waals surface area contributed by atoms with Crippen molar-refractivity contribution < 1.29 is 4.74 Å². The number of aryl methyl sites for hydroxylation is 2. The minimum atomic E-state index is 0.590. The predicted molar refractivity (Wildman–Crippen MR) is 77.0 cm³/mol. The summed E-state index contributed by atoms with van der Waals surface area (Å²) in [7, 11) is 1.83. The van der Waals surface area contributed by atoms with Crippen molar-refractivity contribution in [2.75, 3.05) is 12.4 Å². The van der Waals surface area contributed by atoms with Crippen molar-refractivity contribution in [3.05, 3.63) is 40.7 Å². The van der Waals surface area contributed by atoms with Crippen molar-refractivity contribution in [1.29, 1.82) is 0 Å². The second-order valence-electron chi connectivity index (χ2n) is 4.71. The number of ether oxygens (including phenoxy) is 1. The minimum Gasteiger partial charge on any atom is -0.438 e. The third-order valence-electron chi connectivity index (χ3n) is 3.25. The standard InChI is InChI=1S/C15H19N3O/c1-9-6-10(2)11(3)13(7-9)19-15-12(4)14(16-5)17-8-18-15/h6-8H,1-5H3,(H,16,17,18). The van der Waals surface area contributed by atoms with Crippen LogP contribution in [0.1, 0.15) is 22.3 Å². The van der Waals surface area contributed by atoms with Crippen molar-refractivity contribution >= 4 is 5.82 Å². The SMILES string of the molecule is CNc1ncnc(Oc2cc(C)cc(C)c2C)c1C. The van der Waals surface area contributed by atoms with Gasteiger partial charge in [0.1, 0.15) is 17.9 Å². The number of hydrogen-bond acceptors (Lipinski definition) is 4. The first-order chi connectivity index (χ1) is 9.02. The third kappa shape index (κ3) is 2.67. The zero-order valence-electron chi connectivity index (χ0n) is 12.0. The summed E-state index contributed by atoms with van der Waals surface area (Å²) in [6.45, 7) is 8.14. The second kappa shape index (κ2) is 5.26. The predicted octanol–water partition coefficient (Wildman–Crippen LogP) is 3.54. The number of nitrogens with zero attached hydrogens (tertiary/aromatic N) is 2. The molecule has 4 nitrogen and oxygen atoms in total. The first-order valence-corrected chi connectivity index (χ1v) is 6.28. The Morgan fingerprint density at radius 3 is 2.42 bits per heavy atom. The summed E-state index contributed by atoms with van der Waals surface area (Å²) in [4.78, 5) is 8.36. The number of nitrogens with one attached hydrogen (secondary N) is 1. The molecule has 1 aromatic carbocycles. The van der Waals surface area contributed by atoms with Crippen molar-refractivity contribution in [3.8, 4) is 11.6 Å². The van der Waals surface area contributed by atoms with Crippen molar-refractivity contribution in [2.45, 2.75) is 27.7 Å². The normalized spacial score (nSPS) is 10.4. The summed E-state index contributed by atoms with van der Waals surface area (Å²) in [6, 6.07) is 4.18. The van der Waals surface area contributed by atoms with Crippen LogP contribution in [0, 0.1) is 27.7 Å². The van der Waals surface area contributed by atoms with Crippen molar-refractivity contribution in [2.24, 2.45) is 0 Å². The fourth-order valence-corrected chi connectivity index (χ4v) is 2.00. The topological polar surface area (TPSA) is 47.0 Å². The molecule has 0 amide bonds. The van der Waals surface area contributed by atoms with E-state index in [1.807, 2.05) is 20.0 Å². The van der Waals surface area contributed by atoms with Crippen LogP contribution in [-0.2, 0) is 0 Å². The van der Waals surface area contributed by atoms with E-state index >= 15 is 0 Å². The Labute approximate surface area is 113 Å². The summed E-state index contributed by atoms with van der Waals surface area (Å²) < 4.78 is 5.95. The summed E-state index contributed by atoms with van der Waals surface area (Å²) in [6.07, 6.45) is 1.51. The molecule has 1 aromatic heterocycles. The van der Waals surface area contributed by atoms with E-state index in [9.17, 15) is 0 Å². The monoisotopic (exact) mass is 257 g/mol. The Kier molecular flexibility index (Phi) is 3.69. The zero-order chi connectivity index (χ0) is 14.0. The molecular formula is C15H19N3O. The molecule has 0 atom stereocenters. The molecule has 2 rings (SSSR count). The number of benzene rings is 1. The van der Waals surface area contributed by atoms with E-state index in [0.717, 1.165) is 22.7 Å². The van der Waals surface area contributed by atoms with Gasteiger partial charge in [-0.15, -0.1) is 0 Å². The summed E-state index contributed by atoms with van der Waals surface area (Å²) >= 11 is 0. The highest BCUT2D eigenvalue weighted by molar-refractivity contribution is 5.50. The summed E-state index contributed by atoms with van der Waals surface area (Å²) in [5.41, 5.74) is 4.44. The van der Waals surface area contributed by atoms with Crippen LogP contribution in [0.2, 0.25) is 0 Å². The second-order valence-corrected chi connectivity index (χ2v) is 4.71. The van der Waals surface area contributed by atoms with Crippen molar-refractivity contribution in [1.82, 2.24) is 9.97 Å². The Morgan fingerprint density at radius 2 is 1.74 bits per heavy atom. The maximum atomic E-state index is 5.95. The molecule has 0 spiro atoms. The summed E-state index contributed by atoms with van der Waals surface area (Å²) in [5.74, 6) is 2.22. The lowest BCUT2D eigenvalue weighted by Crippen LogP contribution is -2.01. The van der Waals surface area contributed by atoms with Gasteiger partial charge < -0.3 is 10.1 Å². The number of aromatic nitrogens is 2. The van der Waals surface area contributed by atoms with Crippen LogP contribution in [0.4, 0.5) is 5.82 Å². The fraction of sp³-hybridized carbons (Fsp3) is 0.333. The van der Waals surface area contributed by atoms with E-state index in [4.69, 9.17) is 4.74 Å². The quantitative estimate of drug-likeness (QED) is 0.913. The van der Waals surface area contributed by atoms with E-state index in [1.165, 1.54) is 17.5 Å². The van der Waals surface area contributed by atoms with Gasteiger partial charge in [0.05, 0.1) is 5.56 Å². The Bertz CT molecular complexity index is 609. The first kappa shape index (κ1) is 13.3. The smallest absolute Gasteiger partial charge is 0.227 e. The highest BCUT2D eigenvalue weighted by atomic mass is 16.5. The molecular weight excluding hydrogens is 238 g/mol. The maximum Gasteiger partial charge on any atom is 0.227 e. The van der Waals surface area contributed by atoms with Gasteiger partial charge in [-0.1, -0.05) is 6.07 Å². The maximum absolute atomic E-state index is 5.95. The largest absolute Gasteiger partial charge is 0.438 e. The molecule has 0 fully saturated rings. The van der Waals surface area contributed by atoms with Gasteiger partial charge in [-0.25, -0.2) is 9.97 Å².